The van der Waals surface area contributed by atoms with Crippen LogP contribution in [0.15, 0.2) is 23.1 Å². The van der Waals surface area contributed by atoms with E-state index in [4.69, 9.17) is 5.26 Å². The van der Waals surface area contributed by atoms with Gasteiger partial charge in [0.05, 0.1) is 17.1 Å². The number of nitrogens with zero attached hydrogens (tertiary/aromatic N) is 3. The molecule has 0 aromatic heterocycles. The van der Waals surface area contributed by atoms with Gasteiger partial charge in [-0.25, -0.2) is 12.8 Å². The molecule has 0 N–H and O–H groups in total. The average molecular weight is 273 g/mol. The number of nitro groups is 1. The van der Waals surface area contributed by atoms with Gasteiger partial charge in [0.15, 0.2) is 0 Å². The van der Waals surface area contributed by atoms with Gasteiger partial charge in [-0.15, -0.1) is 0 Å². The summed E-state index contributed by atoms with van der Waals surface area (Å²) in [6.45, 7) is -0.446. The molecule has 0 amide bonds. The van der Waals surface area contributed by atoms with E-state index in [1.807, 2.05) is 0 Å². The fraction of sp³-hybridized carbons (Fsp3) is 0.222. The van der Waals surface area contributed by atoms with Gasteiger partial charge >= 0.3 is 0 Å². The molecule has 0 radical (unpaired) electrons. The van der Waals surface area contributed by atoms with Crippen molar-refractivity contribution in [3.8, 4) is 6.07 Å². The van der Waals surface area contributed by atoms with Gasteiger partial charge in [-0.3, -0.25) is 10.1 Å². The summed E-state index contributed by atoms with van der Waals surface area (Å²) in [6, 6.07) is 3.82. The number of benzene rings is 1. The first-order chi connectivity index (χ1) is 8.30. The number of sulfonamides is 1. The maximum Gasteiger partial charge on any atom is 0.272 e. The predicted octanol–water partition coefficient (Wildman–Crippen LogP) is 0.878. The number of non-ortho nitro benzene ring substituents is 1. The number of hydrogen-bond acceptors (Lipinski definition) is 5. The third kappa shape index (κ3) is 2.61. The average Bonchev–Trinajstić information content (AvgIpc) is 2.28. The minimum absolute atomic E-state index is 0.446. The zero-order valence-corrected chi connectivity index (χ0v) is 10.0. The summed E-state index contributed by atoms with van der Waals surface area (Å²) < 4.78 is 37.7. The molecule has 1 aromatic carbocycles. The summed E-state index contributed by atoms with van der Waals surface area (Å²) in [6.07, 6.45) is 0. The Morgan fingerprint density at radius 3 is 2.61 bits per heavy atom. The molecular weight excluding hydrogens is 265 g/mol. The van der Waals surface area contributed by atoms with Crippen LogP contribution >= 0.6 is 0 Å². The summed E-state index contributed by atoms with van der Waals surface area (Å²) in [5, 5.41) is 18.8. The Kier molecular flexibility index (Phi) is 3.95. The molecule has 0 heterocycles. The summed E-state index contributed by atoms with van der Waals surface area (Å²) >= 11 is 0. The molecule has 0 saturated heterocycles. The van der Waals surface area contributed by atoms with Crippen LogP contribution in [0.3, 0.4) is 0 Å². The van der Waals surface area contributed by atoms with Crippen LogP contribution in [0.5, 0.6) is 0 Å². The van der Waals surface area contributed by atoms with E-state index in [9.17, 15) is 22.9 Å². The molecule has 1 aromatic rings. The SMILES string of the molecule is CN(CC#N)S(=O)(=O)c1ccc([N+](=O)[O-])cc1F. The first kappa shape index (κ1) is 14.0. The number of halogens is 1. The number of hydrogen-bond donors (Lipinski definition) is 0. The molecule has 0 atom stereocenters. The van der Waals surface area contributed by atoms with Crippen LogP contribution in [-0.2, 0) is 10.0 Å². The van der Waals surface area contributed by atoms with Gasteiger partial charge in [0, 0.05) is 13.1 Å². The molecule has 9 heteroatoms. The Labute approximate surface area is 102 Å². The van der Waals surface area contributed by atoms with Crippen molar-refractivity contribution in [3.63, 3.8) is 0 Å². The lowest BCUT2D eigenvalue weighted by Gasteiger charge is -2.13. The number of nitro benzene ring substituents is 1. The molecule has 1 rings (SSSR count). The molecule has 0 aliphatic carbocycles. The monoisotopic (exact) mass is 273 g/mol. The van der Waals surface area contributed by atoms with E-state index in [-0.39, 0.29) is 0 Å². The quantitative estimate of drug-likeness (QED) is 0.460. The minimum Gasteiger partial charge on any atom is -0.258 e. The van der Waals surface area contributed by atoms with Crippen molar-refractivity contribution in [1.82, 2.24) is 4.31 Å². The van der Waals surface area contributed by atoms with Crippen LogP contribution < -0.4 is 0 Å². The second-order valence-electron chi connectivity index (χ2n) is 3.29. The van der Waals surface area contributed by atoms with Crippen LogP contribution in [0.4, 0.5) is 10.1 Å². The van der Waals surface area contributed by atoms with Crippen molar-refractivity contribution in [3.05, 3.63) is 34.1 Å². The fourth-order valence-corrected chi connectivity index (χ4v) is 2.27. The van der Waals surface area contributed by atoms with Gasteiger partial charge in [0.2, 0.25) is 10.0 Å². The molecule has 0 bridgehead atoms. The van der Waals surface area contributed by atoms with Gasteiger partial charge in [-0.05, 0) is 6.07 Å². The van der Waals surface area contributed by atoms with Crippen LogP contribution in [-0.4, -0.2) is 31.2 Å². The second-order valence-corrected chi connectivity index (χ2v) is 5.30. The van der Waals surface area contributed by atoms with Crippen LogP contribution in [0.1, 0.15) is 0 Å². The zero-order chi connectivity index (χ0) is 13.9. The number of nitriles is 1. The Hall–Kier alpha value is -2.05. The van der Waals surface area contributed by atoms with Gasteiger partial charge in [0.1, 0.15) is 17.3 Å². The van der Waals surface area contributed by atoms with Gasteiger partial charge in [-0.1, -0.05) is 0 Å². The highest BCUT2D eigenvalue weighted by Crippen LogP contribution is 2.22. The second kappa shape index (κ2) is 5.07. The van der Waals surface area contributed by atoms with E-state index in [1.165, 1.54) is 0 Å². The molecule has 0 fully saturated rings. The van der Waals surface area contributed by atoms with E-state index in [0.29, 0.717) is 10.4 Å². The van der Waals surface area contributed by atoms with Gasteiger partial charge in [-0.2, -0.15) is 9.57 Å². The summed E-state index contributed by atoms with van der Waals surface area (Å²) in [4.78, 5) is 8.85. The molecule has 0 aliphatic rings. The molecule has 7 nitrogen and oxygen atoms in total. The van der Waals surface area contributed by atoms with E-state index < -0.39 is 37.9 Å². The Morgan fingerprint density at radius 1 is 1.56 bits per heavy atom. The molecule has 0 aliphatic heterocycles. The molecule has 18 heavy (non-hydrogen) atoms. The lowest BCUT2D eigenvalue weighted by Crippen LogP contribution is -2.28. The highest BCUT2D eigenvalue weighted by molar-refractivity contribution is 7.89. The number of rotatable bonds is 4. The van der Waals surface area contributed by atoms with Crippen molar-refractivity contribution in [2.24, 2.45) is 0 Å². The van der Waals surface area contributed by atoms with E-state index in [1.54, 1.807) is 6.07 Å². The highest BCUT2D eigenvalue weighted by atomic mass is 32.2. The predicted molar refractivity (Wildman–Crippen MR) is 58.5 cm³/mol. The third-order valence-electron chi connectivity index (χ3n) is 2.11. The largest absolute Gasteiger partial charge is 0.272 e. The van der Waals surface area contributed by atoms with E-state index in [2.05, 4.69) is 0 Å². The lowest BCUT2D eigenvalue weighted by molar-refractivity contribution is -0.385. The fourth-order valence-electron chi connectivity index (χ4n) is 1.16. The smallest absolute Gasteiger partial charge is 0.258 e. The summed E-state index contributed by atoms with van der Waals surface area (Å²) in [7, 11) is -3.05. The van der Waals surface area contributed by atoms with Gasteiger partial charge < -0.3 is 0 Å². The lowest BCUT2D eigenvalue weighted by atomic mass is 10.3. The maximum absolute atomic E-state index is 13.5. The summed E-state index contributed by atoms with van der Waals surface area (Å²) in [5.41, 5.74) is -0.547. The molecular formula is C9H8FN3O4S. The van der Waals surface area contributed by atoms with Crippen molar-refractivity contribution in [2.75, 3.05) is 13.6 Å². The van der Waals surface area contributed by atoms with Crippen molar-refractivity contribution in [2.45, 2.75) is 4.90 Å². The Balaban J connectivity index is 3.27. The van der Waals surface area contributed by atoms with Crippen molar-refractivity contribution in [1.29, 1.82) is 5.26 Å². The summed E-state index contributed by atoms with van der Waals surface area (Å²) in [5.74, 6) is -1.23. The minimum atomic E-state index is -4.16. The topological polar surface area (TPSA) is 104 Å². The van der Waals surface area contributed by atoms with Crippen molar-refractivity contribution < 1.29 is 17.7 Å². The van der Waals surface area contributed by atoms with Crippen molar-refractivity contribution >= 4 is 15.7 Å². The Morgan fingerprint density at radius 2 is 2.17 bits per heavy atom. The zero-order valence-electron chi connectivity index (χ0n) is 9.20. The standard InChI is InChI=1S/C9H8FN3O4S/c1-12(5-4-11)18(16,17)9-3-2-7(13(14)15)6-8(9)10/h2-3,6H,5H2,1H3. The highest BCUT2D eigenvalue weighted by Gasteiger charge is 2.25. The van der Waals surface area contributed by atoms with Crippen LogP contribution in [0, 0.1) is 27.3 Å². The molecule has 96 valence electrons. The molecule has 0 spiro atoms. The first-order valence-corrected chi connectivity index (χ1v) is 6.02. The van der Waals surface area contributed by atoms with E-state index >= 15 is 0 Å². The third-order valence-corrected chi connectivity index (χ3v) is 3.94. The normalized spacial score (nSPS) is 11.2. The van der Waals surface area contributed by atoms with Crippen LogP contribution in [0.25, 0.3) is 0 Å². The maximum atomic E-state index is 13.5. The molecule has 0 saturated carbocycles. The van der Waals surface area contributed by atoms with Crippen LogP contribution in [0.2, 0.25) is 0 Å². The van der Waals surface area contributed by atoms with E-state index in [0.717, 1.165) is 19.2 Å². The Bertz CT molecular complexity index is 623. The van der Waals surface area contributed by atoms with Gasteiger partial charge in [0.25, 0.3) is 5.69 Å². The first-order valence-electron chi connectivity index (χ1n) is 4.58. The molecule has 0 unspecified atom stereocenters.